The first-order chi connectivity index (χ1) is 8.24. The summed E-state index contributed by atoms with van der Waals surface area (Å²) < 4.78 is 0. The second-order valence-electron chi connectivity index (χ2n) is 5.22. The highest BCUT2D eigenvalue weighted by Crippen LogP contribution is 2.31. The van der Waals surface area contributed by atoms with E-state index in [2.05, 4.69) is 22.2 Å². The van der Waals surface area contributed by atoms with Gasteiger partial charge in [-0.25, -0.2) is 9.97 Å². The number of nitrogens with zero attached hydrogens (tertiary/aromatic N) is 2. The number of aliphatic hydroxyl groups is 1. The normalized spacial score (nSPS) is 29.2. The van der Waals surface area contributed by atoms with Gasteiger partial charge in [0.2, 0.25) is 0 Å². The van der Waals surface area contributed by atoms with Crippen molar-refractivity contribution in [1.82, 2.24) is 15.3 Å². The lowest BCUT2D eigenvalue weighted by Crippen LogP contribution is -2.50. The topological polar surface area (TPSA) is 58.0 Å². The Labute approximate surface area is 102 Å². The standard InChI is InChI=1S/C13H21N3O/c1-11-2-4-13(9-17,5-3-11)16-8-12-6-14-10-15-7-12/h6-7,10-11,16-17H,2-5,8-9H2,1H3. The molecular formula is C13H21N3O. The SMILES string of the molecule is CC1CCC(CO)(NCc2cncnc2)CC1. The van der Waals surface area contributed by atoms with E-state index in [0.29, 0.717) is 0 Å². The van der Waals surface area contributed by atoms with Gasteiger partial charge < -0.3 is 10.4 Å². The van der Waals surface area contributed by atoms with E-state index in [4.69, 9.17) is 0 Å². The molecule has 0 atom stereocenters. The molecule has 0 unspecified atom stereocenters. The van der Waals surface area contributed by atoms with E-state index in [9.17, 15) is 5.11 Å². The van der Waals surface area contributed by atoms with Crippen molar-refractivity contribution >= 4 is 0 Å². The third-order valence-electron chi connectivity index (χ3n) is 3.82. The maximum atomic E-state index is 9.61. The summed E-state index contributed by atoms with van der Waals surface area (Å²) >= 11 is 0. The van der Waals surface area contributed by atoms with Gasteiger partial charge in [0.15, 0.2) is 0 Å². The predicted molar refractivity (Wildman–Crippen MR) is 66.3 cm³/mol. The highest BCUT2D eigenvalue weighted by molar-refractivity contribution is 5.04. The Hall–Kier alpha value is -1.00. The van der Waals surface area contributed by atoms with Crippen LogP contribution in [0.1, 0.15) is 38.2 Å². The van der Waals surface area contributed by atoms with Crippen LogP contribution in [0.3, 0.4) is 0 Å². The summed E-state index contributed by atoms with van der Waals surface area (Å²) in [6.45, 7) is 3.23. The van der Waals surface area contributed by atoms with Crippen molar-refractivity contribution in [2.45, 2.75) is 44.7 Å². The summed E-state index contributed by atoms with van der Waals surface area (Å²) in [7, 11) is 0. The Morgan fingerprint density at radius 1 is 1.35 bits per heavy atom. The van der Waals surface area contributed by atoms with E-state index in [0.717, 1.165) is 30.9 Å². The maximum absolute atomic E-state index is 9.61. The molecule has 1 fully saturated rings. The molecule has 1 aliphatic carbocycles. The summed E-state index contributed by atoms with van der Waals surface area (Å²) in [4.78, 5) is 7.99. The van der Waals surface area contributed by atoms with Crippen LogP contribution >= 0.6 is 0 Å². The smallest absolute Gasteiger partial charge is 0.115 e. The minimum absolute atomic E-state index is 0.0949. The largest absolute Gasteiger partial charge is 0.394 e. The molecule has 1 aliphatic rings. The summed E-state index contributed by atoms with van der Waals surface area (Å²) in [6.07, 6.45) is 9.66. The zero-order valence-corrected chi connectivity index (χ0v) is 10.4. The molecule has 1 saturated carbocycles. The van der Waals surface area contributed by atoms with Crippen molar-refractivity contribution in [2.24, 2.45) is 5.92 Å². The van der Waals surface area contributed by atoms with Crippen molar-refractivity contribution in [3.05, 3.63) is 24.3 Å². The number of rotatable bonds is 4. The molecule has 0 aromatic carbocycles. The first kappa shape index (κ1) is 12.5. The monoisotopic (exact) mass is 235 g/mol. The Morgan fingerprint density at radius 2 is 2.00 bits per heavy atom. The second-order valence-corrected chi connectivity index (χ2v) is 5.22. The highest BCUT2D eigenvalue weighted by atomic mass is 16.3. The van der Waals surface area contributed by atoms with Crippen LogP contribution in [0.5, 0.6) is 0 Å². The molecule has 0 aliphatic heterocycles. The fourth-order valence-corrected chi connectivity index (χ4v) is 2.42. The fourth-order valence-electron chi connectivity index (χ4n) is 2.42. The van der Waals surface area contributed by atoms with Crippen molar-refractivity contribution in [3.63, 3.8) is 0 Å². The summed E-state index contributed by atoms with van der Waals surface area (Å²) in [5.74, 6) is 0.788. The maximum Gasteiger partial charge on any atom is 0.115 e. The zero-order chi connectivity index (χ0) is 12.1. The summed E-state index contributed by atoms with van der Waals surface area (Å²) in [5.41, 5.74) is 0.974. The van der Waals surface area contributed by atoms with Gasteiger partial charge in [-0.2, -0.15) is 0 Å². The van der Waals surface area contributed by atoms with E-state index in [1.165, 1.54) is 19.2 Å². The molecule has 4 nitrogen and oxygen atoms in total. The molecule has 2 N–H and O–H groups in total. The molecule has 4 heteroatoms. The molecule has 0 radical (unpaired) electrons. The van der Waals surface area contributed by atoms with Crippen molar-refractivity contribution in [3.8, 4) is 0 Å². The van der Waals surface area contributed by atoms with Gasteiger partial charge in [-0.15, -0.1) is 0 Å². The summed E-state index contributed by atoms with van der Waals surface area (Å²) in [5, 5.41) is 13.1. The van der Waals surface area contributed by atoms with Gasteiger partial charge in [-0.05, 0) is 31.6 Å². The Bertz CT molecular complexity index is 334. The van der Waals surface area contributed by atoms with Gasteiger partial charge in [0.05, 0.1) is 6.61 Å². The van der Waals surface area contributed by atoms with Crippen molar-refractivity contribution in [2.75, 3.05) is 6.61 Å². The molecule has 0 amide bonds. The van der Waals surface area contributed by atoms with E-state index in [-0.39, 0.29) is 12.1 Å². The fraction of sp³-hybridized carbons (Fsp3) is 0.692. The lowest BCUT2D eigenvalue weighted by molar-refractivity contribution is 0.104. The third-order valence-corrected chi connectivity index (χ3v) is 3.82. The van der Waals surface area contributed by atoms with Crippen LogP contribution in [0.15, 0.2) is 18.7 Å². The molecule has 1 heterocycles. The number of hydrogen-bond donors (Lipinski definition) is 2. The van der Waals surface area contributed by atoms with E-state index < -0.39 is 0 Å². The predicted octanol–water partition coefficient (Wildman–Crippen LogP) is 1.51. The molecule has 1 aromatic heterocycles. The van der Waals surface area contributed by atoms with Gasteiger partial charge >= 0.3 is 0 Å². The Balaban J connectivity index is 1.91. The van der Waals surface area contributed by atoms with Crippen LogP contribution < -0.4 is 5.32 Å². The minimum atomic E-state index is -0.0949. The van der Waals surface area contributed by atoms with Crippen molar-refractivity contribution < 1.29 is 5.11 Å². The van der Waals surface area contributed by atoms with Gasteiger partial charge in [0.25, 0.3) is 0 Å². The van der Waals surface area contributed by atoms with E-state index in [1.807, 2.05) is 12.4 Å². The summed E-state index contributed by atoms with van der Waals surface area (Å²) in [6, 6.07) is 0. The number of aromatic nitrogens is 2. The van der Waals surface area contributed by atoms with Gasteiger partial charge in [0, 0.05) is 30.0 Å². The second kappa shape index (κ2) is 5.56. The molecule has 2 rings (SSSR count). The van der Waals surface area contributed by atoms with Crippen LogP contribution in [-0.2, 0) is 6.54 Å². The molecule has 0 saturated heterocycles. The molecule has 0 bridgehead atoms. The first-order valence-corrected chi connectivity index (χ1v) is 6.34. The van der Waals surface area contributed by atoms with Gasteiger partial charge in [-0.1, -0.05) is 6.92 Å². The van der Waals surface area contributed by atoms with E-state index >= 15 is 0 Å². The zero-order valence-electron chi connectivity index (χ0n) is 10.4. The van der Waals surface area contributed by atoms with Crippen LogP contribution in [0.4, 0.5) is 0 Å². The van der Waals surface area contributed by atoms with Crippen LogP contribution in [0.2, 0.25) is 0 Å². The average Bonchev–Trinajstić information content (AvgIpc) is 2.40. The minimum Gasteiger partial charge on any atom is -0.394 e. The molecule has 0 spiro atoms. The van der Waals surface area contributed by atoms with Crippen LogP contribution in [-0.4, -0.2) is 27.2 Å². The molecular weight excluding hydrogens is 214 g/mol. The lowest BCUT2D eigenvalue weighted by Gasteiger charge is -2.39. The average molecular weight is 235 g/mol. The highest BCUT2D eigenvalue weighted by Gasteiger charge is 2.32. The van der Waals surface area contributed by atoms with Crippen LogP contribution in [0, 0.1) is 5.92 Å². The number of hydrogen-bond acceptors (Lipinski definition) is 4. The third kappa shape index (κ3) is 3.23. The number of aliphatic hydroxyl groups excluding tert-OH is 1. The number of nitrogens with one attached hydrogen (secondary N) is 1. The Morgan fingerprint density at radius 3 is 2.59 bits per heavy atom. The lowest BCUT2D eigenvalue weighted by atomic mass is 9.77. The first-order valence-electron chi connectivity index (χ1n) is 6.34. The molecule has 17 heavy (non-hydrogen) atoms. The van der Waals surface area contributed by atoms with E-state index in [1.54, 1.807) is 0 Å². The quantitative estimate of drug-likeness (QED) is 0.830. The van der Waals surface area contributed by atoms with Crippen molar-refractivity contribution in [1.29, 1.82) is 0 Å². The van der Waals surface area contributed by atoms with Gasteiger partial charge in [-0.3, -0.25) is 0 Å². The Kier molecular flexibility index (Phi) is 4.07. The van der Waals surface area contributed by atoms with Crippen LogP contribution in [0.25, 0.3) is 0 Å². The molecule has 94 valence electrons. The molecule has 1 aromatic rings. The van der Waals surface area contributed by atoms with Gasteiger partial charge in [0.1, 0.15) is 6.33 Å².